The van der Waals surface area contributed by atoms with Crippen LogP contribution in [-0.4, -0.2) is 60.0 Å². The zero-order valence-electron chi connectivity index (χ0n) is 22.7. The standard InChI is InChI=1S/C27H45N3O4/c1-17(2)20(16-18(3)25(33)34)30(10)24(32)22(26(4,5)6)29-23(31)21(28-9)27(7,8)19-14-12-11-13-15-19/h12,14-17,20-22,28H,11,13H2,1-10H3,(H,29,31)(H,33,34)/b18-16+/t20-,21?,22?/m1/s1. The summed E-state index contributed by atoms with van der Waals surface area (Å²) < 4.78 is 0. The Morgan fingerprint density at radius 1 is 1.09 bits per heavy atom. The number of hydrogen-bond donors (Lipinski definition) is 3. The van der Waals surface area contributed by atoms with Gasteiger partial charge in [-0.2, -0.15) is 0 Å². The number of aliphatic carboxylic acids is 1. The van der Waals surface area contributed by atoms with E-state index in [1.165, 1.54) is 6.92 Å². The molecule has 0 aromatic carbocycles. The van der Waals surface area contributed by atoms with Crippen LogP contribution in [0.5, 0.6) is 0 Å². The minimum atomic E-state index is -1.02. The molecule has 0 aliphatic heterocycles. The molecule has 0 aromatic heterocycles. The van der Waals surface area contributed by atoms with Gasteiger partial charge in [0.2, 0.25) is 11.8 Å². The van der Waals surface area contributed by atoms with Gasteiger partial charge in [-0.05, 0) is 43.7 Å². The van der Waals surface area contributed by atoms with Crippen molar-refractivity contribution in [2.75, 3.05) is 14.1 Å². The second kappa shape index (κ2) is 11.8. The van der Waals surface area contributed by atoms with Gasteiger partial charge in [-0.25, -0.2) is 4.79 Å². The lowest BCUT2D eigenvalue weighted by Crippen LogP contribution is -2.61. The Morgan fingerprint density at radius 2 is 1.68 bits per heavy atom. The number of carboxylic acid groups (broad SMARTS) is 1. The summed E-state index contributed by atoms with van der Waals surface area (Å²) in [5.74, 6) is -1.52. The predicted molar refractivity (Wildman–Crippen MR) is 137 cm³/mol. The summed E-state index contributed by atoms with van der Waals surface area (Å²) in [4.78, 5) is 40.1. The van der Waals surface area contributed by atoms with Crippen molar-refractivity contribution < 1.29 is 19.5 Å². The minimum Gasteiger partial charge on any atom is -0.478 e. The summed E-state index contributed by atoms with van der Waals surface area (Å²) in [6, 6.07) is -1.74. The maximum Gasteiger partial charge on any atom is 0.331 e. The van der Waals surface area contributed by atoms with Crippen molar-refractivity contribution in [3.63, 3.8) is 0 Å². The lowest BCUT2D eigenvalue weighted by molar-refractivity contribution is -0.141. The number of amides is 2. The Kier molecular flexibility index (Phi) is 10.3. The molecule has 0 saturated heterocycles. The van der Waals surface area contributed by atoms with E-state index >= 15 is 0 Å². The first kappa shape index (κ1) is 29.6. The maximum atomic E-state index is 13.7. The van der Waals surface area contributed by atoms with E-state index in [1.807, 2.05) is 48.5 Å². The number of carbonyl (C=O) groups is 3. The number of allylic oxidation sites excluding steroid dienone is 3. The summed E-state index contributed by atoms with van der Waals surface area (Å²) in [6.45, 7) is 15.2. The van der Waals surface area contributed by atoms with E-state index in [2.05, 4.69) is 28.9 Å². The van der Waals surface area contributed by atoms with E-state index in [9.17, 15) is 19.5 Å². The van der Waals surface area contributed by atoms with Crippen molar-refractivity contribution in [3.05, 3.63) is 35.5 Å². The van der Waals surface area contributed by atoms with Crippen LogP contribution in [0, 0.1) is 16.7 Å². The van der Waals surface area contributed by atoms with Gasteiger partial charge in [-0.1, -0.05) is 72.8 Å². The molecule has 7 heteroatoms. The first-order chi connectivity index (χ1) is 15.5. The Bertz CT molecular complexity index is 846. The first-order valence-electron chi connectivity index (χ1n) is 12.1. The van der Waals surface area contributed by atoms with E-state index in [1.54, 1.807) is 25.1 Å². The monoisotopic (exact) mass is 475 g/mol. The average molecular weight is 476 g/mol. The average Bonchev–Trinajstić information content (AvgIpc) is 2.74. The highest BCUT2D eigenvalue weighted by Crippen LogP contribution is 2.34. The highest BCUT2D eigenvalue weighted by molar-refractivity contribution is 5.91. The molecule has 0 fully saturated rings. The van der Waals surface area contributed by atoms with Crippen molar-refractivity contribution in [2.24, 2.45) is 16.7 Å². The van der Waals surface area contributed by atoms with Gasteiger partial charge in [0, 0.05) is 18.0 Å². The van der Waals surface area contributed by atoms with Crippen molar-refractivity contribution in [3.8, 4) is 0 Å². The molecule has 2 amide bonds. The lowest BCUT2D eigenvalue weighted by atomic mass is 9.74. The first-order valence-corrected chi connectivity index (χ1v) is 12.1. The third-order valence-corrected chi connectivity index (χ3v) is 6.65. The van der Waals surface area contributed by atoms with Gasteiger partial charge >= 0.3 is 5.97 Å². The molecule has 1 rings (SSSR count). The molecule has 0 radical (unpaired) electrons. The topological polar surface area (TPSA) is 98.7 Å². The molecular weight excluding hydrogens is 430 g/mol. The summed E-state index contributed by atoms with van der Waals surface area (Å²) in [7, 11) is 3.42. The van der Waals surface area contributed by atoms with Crippen molar-refractivity contribution in [2.45, 2.75) is 86.4 Å². The fourth-order valence-corrected chi connectivity index (χ4v) is 4.38. The quantitative estimate of drug-likeness (QED) is 0.416. The number of likely N-dealkylation sites (N-methyl/N-ethyl adjacent to an activating group) is 2. The van der Waals surface area contributed by atoms with E-state index in [0.29, 0.717) is 0 Å². The fourth-order valence-electron chi connectivity index (χ4n) is 4.38. The van der Waals surface area contributed by atoms with E-state index in [0.717, 1.165) is 18.4 Å². The van der Waals surface area contributed by atoms with Crippen molar-refractivity contribution >= 4 is 17.8 Å². The zero-order valence-corrected chi connectivity index (χ0v) is 22.7. The number of carboxylic acids is 1. The van der Waals surface area contributed by atoms with Crippen LogP contribution in [-0.2, 0) is 14.4 Å². The Morgan fingerprint density at radius 3 is 2.09 bits per heavy atom. The Labute approximate surface area is 205 Å². The van der Waals surface area contributed by atoms with Gasteiger partial charge in [0.15, 0.2) is 0 Å². The summed E-state index contributed by atoms with van der Waals surface area (Å²) in [5, 5.41) is 15.5. The number of carbonyl (C=O) groups excluding carboxylic acids is 2. The largest absolute Gasteiger partial charge is 0.478 e. The molecule has 192 valence electrons. The molecule has 0 spiro atoms. The van der Waals surface area contributed by atoms with Crippen LogP contribution in [0.25, 0.3) is 0 Å². The number of rotatable bonds is 10. The highest BCUT2D eigenvalue weighted by atomic mass is 16.4. The summed E-state index contributed by atoms with van der Waals surface area (Å²) in [6.07, 6.45) is 9.91. The van der Waals surface area contributed by atoms with E-state index in [-0.39, 0.29) is 23.3 Å². The second-order valence-electron chi connectivity index (χ2n) is 11.2. The van der Waals surface area contributed by atoms with Crippen molar-refractivity contribution in [1.82, 2.24) is 15.5 Å². The smallest absolute Gasteiger partial charge is 0.331 e. The second-order valence-corrected chi connectivity index (χ2v) is 11.2. The lowest BCUT2D eigenvalue weighted by Gasteiger charge is -2.40. The van der Waals surface area contributed by atoms with E-state index < -0.39 is 34.9 Å². The predicted octanol–water partition coefficient (Wildman–Crippen LogP) is 3.92. The molecule has 1 aliphatic carbocycles. The van der Waals surface area contributed by atoms with Crippen LogP contribution < -0.4 is 10.6 Å². The number of hydrogen-bond acceptors (Lipinski definition) is 4. The molecular formula is C27H45N3O4. The summed E-state index contributed by atoms with van der Waals surface area (Å²) >= 11 is 0. The number of nitrogens with zero attached hydrogens (tertiary/aromatic N) is 1. The van der Waals surface area contributed by atoms with E-state index in [4.69, 9.17) is 0 Å². The third-order valence-electron chi connectivity index (χ3n) is 6.65. The highest BCUT2D eigenvalue weighted by Gasteiger charge is 2.42. The molecule has 0 heterocycles. The normalized spacial score (nSPS) is 17.6. The van der Waals surface area contributed by atoms with Crippen LogP contribution in [0.1, 0.15) is 68.2 Å². The van der Waals surface area contributed by atoms with Gasteiger partial charge in [0.1, 0.15) is 6.04 Å². The Hall–Kier alpha value is -2.41. The van der Waals surface area contributed by atoms with Gasteiger partial charge in [-0.15, -0.1) is 0 Å². The van der Waals surface area contributed by atoms with Gasteiger partial charge in [0.25, 0.3) is 0 Å². The van der Waals surface area contributed by atoms with Crippen LogP contribution in [0.2, 0.25) is 0 Å². The van der Waals surface area contributed by atoms with Gasteiger partial charge in [-0.3, -0.25) is 9.59 Å². The van der Waals surface area contributed by atoms with Gasteiger partial charge < -0.3 is 20.6 Å². The van der Waals surface area contributed by atoms with Crippen LogP contribution in [0.15, 0.2) is 35.5 Å². The van der Waals surface area contributed by atoms with Crippen molar-refractivity contribution in [1.29, 1.82) is 0 Å². The molecule has 0 saturated carbocycles. The molecule has 2 unspecified atom stereocenters. The van der Waals surface area contributed by atoms with Crippen LogP contribution in [0.3, 0.4) is 0 Å². The fraction of sp³-hybridized carbons (Fsp3) is 0.667. The zero-order chi connectivity index (χ0) is 26.4. The third kappa shape index (κ3) is 7.29. The SMILES string of the molecule is CNC(C(=O)NC(C(=O)N(C)[C@H](/C=C(\C)C(=O)O)C(C)C)C(C)(C)C)C(C)(C)C1=CCCC=C1. The molecule has 0 aromatic rings. The molecule has 3 atom stereocenters. The Balaban J connectivity index is 3.26. The molecule has 0 bridgehead atoms. The number of nitrogens with one attached hydrogen (secondary N) is 2. The molecule has 1 aliphatic rings. The molecule has 7 nitrogen and oxygen atoms in total. The maximum absolute atomic E-state index is 13.7. The van der Waals surface area contributed by atoms with Gasteiger partial charge in [0.05, 0.1) is 12.1 Å². The summed E-state index contributed by atoms with van der Waals surface area (Å²) in [5.41, 5.74) is 0.244. The minimum absolute atomic E-state index is 0.00594. The molecule has 34 heavy (non-hydrogen) atoms. The van der Waals surface area contributed by atoms with Crippen LogP contribution >= 0.6 is 0 Å². The van der Waals surface area contributed by atoms with Crippen LogP contribution in [0.4, 0.5) is 0 Å². The molecule has 3 N–H and O–H groups in total.